The summed E-state index contributed by atoms with van der Waals surface area (Å²) in [4.78, 5) is 25.4. The number of carbonyl (C=O) groups is 2. The average Bonchev–Trinajstić information content (AvgIpc) is 2.86. The smallest absolute Gasteiger partial charge is 0.316 e. The topological polar surface area (TPSA) is 58.6 Å². The zero-order valence-electron chi connectivity index (χ0n) is 11.0. The van der Waals surface area contributed by atoms with Crippen LogP contribution in [0.25, 0.3) is 0 Å². The number of fused-ring (bicyclic) bond motifs is 1. The summed E-state index contributed by atoms with van der Waals surface area (Å²) in [5.74, 6) is -1.03. The van der Waals surface area contributed by atoms with Gasteiger partial charge in [-0.15, -0.1) is 0 Å². The molecule has 0 fully saturated rings. The fraction of sp³-hybridized carbons (Fsp3) is 0.429. The van der Waals surface area contributed by atoms with E-state index in [1.165, 1.54) is 0 Å². The highest BCUT2D eigenvalue weighted by Crippen LogP contribution is 2.27. The van der Waals surface area contributed by atoms with E-state index in [2.05, 4.69) is 5.32 Å². The third-order valence-electron chi connectivity index (χ3n) is 3.14. The maximum absolute atomic E-state index is 12.1. The molecule has 0 aliphatic carbocycles. The van der Waals surface area contributed by atoms with E-state index in [0.717, 1.165) is 17.7 Å². The van der Waals surface area contributed by atoms with E-state index in [0.29, 0.717) is 26.1 Å². The van der Waals surface area contributed by atoms with Gasteiger partial charge in [-0.25, -0.2) is 0 Å². The molecule has 0 saturated heterocycles. The van der Waals surface area contributed by atoms with E-state index in [9.17, 15) is 9.59 Å². The Hall–Kier alpha value is -1.88. The summed E-state index contributed by atoms with van der Waals surface area (Å²) in [6.45, 7) is 1.60. The first-order chi connectivity index (χ1) is 9.24. The van der Waals surface area contributed by atoms with Crippen molar-refractivity contribution in [1.82, 2.24) is 5.32 Å². The number of ether oxygens (including phenoxy) is 1. The molecule has 0 atom stereocenters. The molecule has 1 aromatic rings. The molecule has 102 valence electrons. The molecule has 1 aliphatic heterocycles. The van der Waals surface area contributed by atoms with Gasteiger partial charge in [0.05, 0.1) is 0 Å². The number of benzene rings is 1. The van der Waals surface area contributed by atoms with Crippen molar-refractivity contribution >= 4 is 17.5 Å². The van der Waals surface area contributed by atoms with E-state index in [-0.39, 0.29) is 0 Å². The van der Waals surface area contributed by atoms with Gasteiger partial charge in [0.1, 0.15) is 0 Å². The predicted octanol–water partition coefficient (Wildman–Crippen LogP) is 0.728. The van der Waals surface area contributed by atoms with Crippen molar-refractivity contribution in [2.75, 3.05) is 31.7 Å². The molecule has 5 nitrogen and oxygen atoms in total. The average molecular weight is 262 g/mol. The summed E-state index contributed by atoms with van der Waals surface area (Å²) in [6.07, 6.45) is 1.50. The van der Waals surface area contributed by atoms with Gasteiger partial charge < -0.3 is 15.0 Å². The third kappa shape index (κ3) is 3.12. The second-order valence-electron chi connectivity index (χ2n) is 4.44. The van der Waals surface area contributed by atoms with Crippen LogP contribution in [-0.4, -0.2) is 38.6 Å². The van der Waals surface area contributed by atoms with Gasteiger partial charge in [0.2, 0.25) is 0 Å². The minimum atomic E-state index is -0.548. The van der Waals surface area contributed by atoms with Crippen molar-refractivity contribution in [3.05, 3.63) is 29.8 Å². The molecule has 0 aromatic heterocycles. The van der Waals surface area contributed by atoms with Crippen LogP contribution in [0.3, 0.4) is 0 Å². The second kappa shape index (κ2) is 6.33. The quantitative estimate of drug-likeness (QED) is 0.643. The Morgan fingerprint density at radius 2 is 2.16 bits per heavy atom. The summed E-state index contributed by atoms with van der Waals surface area (Å²) in [6, 6.07) is 7.68. The van der Waals surface area contributed by atoms with Gasteiger partial charge in [0.25, 0.3) is 0 Å². The molecule has 0 saturated carbocycles. The summed E-state index contributed by atoms with van der Waals surface area (Å²) < 4.78 is 4.88. The van der Waals surface area contributed by atoms with Crippen molar-refractivity contribution < 1.29 is 14.3 Å². The maximum atomic E-state index is 12.1. The number of amides is 2. The van der Waals surface area contributed by atoms with Crippen LogP contribution < -0.4 is 10.2 Å². The molecule has 0 radical (unpaired) electrons. The number of anilines is 1. The normalized spacial score (nSPS) is 13.2. The summed E-state index contributed by atoms with van der Waals surface area (Å²) in [7, 11) is 1.61. The number of carbonyl (C=O) groups excluding carboxylic acids is 2. The van der Waals surface area contributed by atoms with Gasteiger partial charge in [-0.05, 0) is 24.5 Å². The molecule has 1 aliphatic rings. The minimum absolute atomic E-state index is 0.452. The molecule has 1 heterocycles. The first-order valence-electron chi connectivity index (χ1n) is 6.40. The van der Waals surface area contributed by atoms with Crippen molar-refractivity contribution in [3.63, 3.8) is 0 Å². The van der Waals surface area contributed by atoms with Gasteiger partial charge in [-0.1, -0.05) is 18.2 Å². The Balaban J connectivity index is 1.92. The lowest BCUT2D eigenvalue weighted by molar-refractivity contribution is -0.137. The van der Waals surface area contributed by atoms with Crippen LogP contribution in [0, 0.1) is 0 Å². The van der Waals surface area contributed by atoms with Crippen LogP contribution in [0.1, 0.15) is 12.0 Å². The van der Waals surface area contributed by atoms with Gasteiger partial charge in [-0.3, -0.25) is 9.59 Å². The summed E-state index contributed by atoms with van der Waals surface area (Å²) >= 11 is 0. The molecule has 1 aromatic carbocycles. The van der Waals surface area contributed by atoms with Crippen LogP contribution >= 0.6 is 0 Å². The maximum Gasteiger partial charge on any atom is 0.316 e. The molecular weight excluding hydrogens is 244 g/mol. The predicted molar refractivity (Wildman–Crippen MR) is 72.0 cm³/mol. The van der Waals surface area contributed by atoms with Crippen LogP contribution in [0.2, 0.25) is 0 Å². The van der Waals surface area contributed by atoms with Crippen LogP contribution in [-0.2, 0) is 20.7 Å². The van der Waals surface area contributed by atoms with Crippen molar-refractivity contribution in [2.24, 2.45) is 0 Å². The number of hydrogen-bond acceptors (Lipinski definition) is 3. The lowest BCUT2D eigenvalue weighted by Crippen LogP contribution is -2.42. The minimum Gasteiger partial charge on any atom is -0.385 e. The van der Waals surface area contributed by atoms with Gasteiger partial charge in [0.15, 0.2) is 0 Å². The lowest BCUT2D eigenvalue weighted by Gasteiger charge is -2.16. The van der Waals surface area contributed by atoms with E-state index in [4.69, 9.17) is 4.74 Å². The summed E-state index contributed by atoms with van der Waals surface area (Å²) in [5.41, 5.74) is 1.96. The first kappa shape index (κ1) is 13.5. The van der Waals surface area contributed by atoms with Crippen LogP contribution in [0.4, 0.5) is 5.69 Å². The Morgan fingerprint density at radius 3 is 2.95 bits per heavy atom. The Kier molecular flexibility index (Phi) is 4.52. The van der Waals surface area contributed by atoms with Gasteiger partial charge in [0, 0.05) is 32.5 Å². The van der Waals surface area contributed by atoms with Crippen molar-refractivity contribution in [1.29, 1.82) is 0 Å². The molecule has 0 unspecified atom stereocenters. The van der Waals surface area contributed by atoms with E-state index in [1.807, 2.05) is 24.3 Å². The molecule has 2 rings (SSSR count). The van der Waals surface area contributed by atoms with Crippen molar-refractivity contribution in [2.45, 2.75) is 12.8 Å². The van der Waals surface area contributed by atoms with Gasteiger partial charge >= 0.3 is 11.8 Å². The number of methoxy groups -OCH3 is 1. The standard InChI is InChI=1S/C14H18N2O3/c1-19-10-4-8-15-13(17)14(18)16-9-7-11-5-2-3-6-12(11)16/h2-3,5-6H,4,7-10H2,1H3,(H,15,17). The molecule has 2 amide bonds. The van der Waals surface area contributed by atoms with Crippen LogP contribution in [0.15, 0.2) is 24.3 Å². The molecule has 19 heavy (non-hydrogen) atoms. The van der Waals surface area contributed by atoms with Crippen molar-refractivity contribution in [3.8, 4) is 0 Å². The third-order valence-corrected chi connectivity index (χ3v) is 3.14. The molecule has 5 heteroatoms. The largest absolute Gasteiger partial charge is 0.385 e. The van der Waals surface area contributed by atoms with Gasteiger partial charge in [-0.2, -0.15) is 0 Å². The monoisotopic (exact) mass is 262 g/mol. The molecular formula is C14H18N2O3. The number of para-hydroxylation sites is 1. The highest BCUT2D eigenvalue weighted by Gasteiger charge is 2.28. The van der Waals surface area contributed by atoms with E-state index in [1.54, 1.807) is 12.0 Å². The highest BCUT2D eigenvalue weighted by atomic mass is 16.5. The molecule has 0 bridgehead atoms. The second-order valence-corrected chi connectivity index (χ2v) is 4.44. The fourth-order valence-corrected chi connectivity index (χ4v) is 2.17. The first-order valence-corrected chi connectivity index (χ1v) is 6.40. The Morgan fingerprint density at radius 1 is 1.37 bits per heavy atom. The van der Waals surface area contributed by atoms with E-state index >= 15 is 0 Å². The van der Waals surface area contributed by atoms with Crippen LogP contribution in [0.5, 0.6) is 0 Å². The zero-order chi connectivity index (χ0) is 13.7. The zero-order valence-corrected chi connectivity index (χ0v) is 11.0. The lowest BCUT2D eigenvalue weighted by atomic mass is 10.2. The number of nitrogens with one attached hydrogen (secondary N) is 1. The number of nitrogens with zero attached hydrogens (tertiary/aromatic N) is 1. The molecule has 0 spiro atoms. The highest BCUT2D eigenvalue weighted by molar-refractivity contribution is 6.40. The number of rotatable bonds is 4. The number of hydrogen-bond donors (Lipinski definition) is 1. The summed E-state index contributed by atoms with van der Waals surface area (Å²) in [5, 5.41) is 2.61. The Labute approximate surface area is 112 Å². The SMILES string of the molecule is COCCCNC(=O)C(=O)N1CCc2ccccc21. The van der Waals surface area contributed by atoms with E-state index < -0.39 is 11.8 Å². The molecule has 1 N–H and O–H groups in total. The Bertz CT molecular complexity index is 474. The fourth-order valence-electron chi connectivity index (χ4n) is 2.17.